The number of carbonyl (C=O) groups is 2. The Morgan fingerprint density at radius 3 is 2.20 bits per heavy atom. The van der Waals surface area contributed by atoms with Crippen molar-refractivity contribution in [3.05, 3.63) is 65.7 Å². The van der Waals surface area contributed by atoms with E-state index in [-0.39, 0.29) is 17.8 Å². The van der Waals surface area contributed by atoms with Crippen LogP contribution in [0.4, 0.5) is 14.5 Å². The van der Waals surface area contributed by atoms with Crippen LogP contribution in [0.15, 0.2) is 48.5 Å². The number of rotatable bonds is 8. The van der Waals surface area contributed by atoms with Gasteiger partial charge in [0.2, 0.25) is 21.8 Å². The highest BCUT2D eigenvalue weighted by molar-refractivity contribution is 7.92. The van der Waals surface area contributed by atoms with Crippen LogP contribution in [0.25, 0.3) is 0 Å². The van der Waals surface area contributed by atoms with E-state index >= 15 is 0 Å². The molecule has 0 heterocycles. The first kappa shape index (κ1) is 23.3. The maximum atomic E-state index is 14.1. The van der Waals surface area contributed by atoms with Crippen LogP contribution in [-0.4, -0.2) is 51.0 Å². The summed E-state index contributed by atoms with van der Waals surface area (Å²) in [4.78, 5) is 26.3. The molecule has 162 valence electrons. The second kappa shape index (κ2) is 9.66. The maximum absolute atomic E-state index is 14.1. The molecule has 1 unspecified atom stereocenters. The summed E-state index contributed by atoms with van der Waals surface area (Å²) < 4.78 is 52.7. The van der Waals surface area contributed by atoms with Crippen molar-refractivity contribution < 1.29 is 26.8 Å². The summed E-state index contributed by atoms with van der Waals surface area (Å²) in [6.45, 7) is 0.585. The number of nitrogens with zero attached hydrogens (tertiary/aromatic N) is 2. The fraction of sp³-hybridized carbons (Fsp3) is 0.300. The number of amides is 2. The molecule has 7 nitrogen and oxygen atoms in total. The molecule has 1 atom stereocenters. The number of likely N-dealkylation sites (N-methyl/N-ethyl adjacent to an activating group) is 1. The largest absolute Gasteiger partial charge is 0.357 e. The van der Waals surface area contributed by atoms with E-state index in [0.717, 1.165) is 27.6 Å². The number of nitrogens with one attached hydrogen (secondary N) is 1. The summed E-state index contributed by atoms with van der Waals surface area (Å²) in [6, 6.07) is 9.39. The van der Waals surface area contributed by atoms with Crippen LogP contribution in [0.5, 0.6) is 0 Å². The van der Waals surface area contributed by atoms with E-state index in [1.54, 1.807) is 6.07 Å². The van der Waals surface area contributed by atoms with Crippen molar-refractivity contribution >= 4 is 27.5 Å². The van der Waals surface area contributed by atoms with Gasteiger partial charge in [-0.3, -0.25) is 13.9 Å². The fourth-order valence-corrected chi connectivity index (χ4v) is 3.67. The lowest BCUT2D eigenvalue weighted by atomic mass is 10.1. The van der Waals surface area contributed by atoms with Gasteiger partial charge in [0, 0.05) is 19.2 Å². The Morgan fingerprint density at radius 1 is 1.07 bits per heavy atom. The average molecular weight is 439 g/mol. The molecule has 0 saturated heterocycles. The molecule has 2 rings (SSSR count). The fourth-order valence-electron chi connectivity index (χ4n) is 2.82. The number of hydrogen-bond acceptors (Lipinski definition) is 4. The third kappa shape index (κ3) is 5.76. The van der Waals surface area contributed by atoms with Gasteiger partial charge in [-0.25, -0.2) is 17.2 Å². The zero-order valence-corrected chi connectivity index (χ0v) is 17.6. The van der Waals surface area contributed by atoms with Crippen molar-refractivity contribution in [3.8, 4) is 0 Å². The molecular formula is C20H23F2N3O4S. The second-order valence-corrected chi connectivity index (χ2v) is 8.56. The molecule has 0 bridgehead atoms. The molecule has 10 heteroatoms. The molecule has 30 heavy (non-hydrogen) atoms. The first-order valence-electron chi connectivity index (χ1n) is 9.02. The van der Waals surface area contributed by atoms with Crippen molar-refractivity contribution in [1.82, 2.24) is 10.2 Å². The van der Waals surface area contributed by atoms with Gasteiger partial charge >= 0.3 is 0 Å². The molecule has 2 aromatic carbocycles. The molecular weight excluding hydrogens is 416 g/mol. The summed E-state index contributed by atoms with van der Waals surface area (Å²) >= 11 is 0. The van der Waals surface area contributed by atoms with Gasteiger partial charge in [-0.15, -0.1) is 0 Å². The van der Waals surface area contributed by atoms with Crippen molar-refractivity contribution in [3.63, 3.8) is 0 Å². The summed E-state index contributed by atoms with van der Waals surface area (Å²) in [7, 11) is -2.51. The van der Waals surface area contributed by atoms with Gasteiger partial charge in [0.1, 0.15) is 24.2 Å². The van der Waals surface area contributed by atoms with Gasteiger partial charge in [-0.05, 0) is 37.3 Å². The highest BCUT2D eigenvalue weighted by Crippen LogP contribution is 2.20. The molecule has 0 aliphatic heterocycles. The SMILES string of the molecule is CNC(=O)C(C)N(Cc1ccccc1F)C(=O)CN(c1ccc(F)cc1)S(C)(=O)=O. The van der Waals surface area contributed by atoms with Crippen LogP contribution in [0, 0.1) is 11.6 Å². The van der Waals surface area contributed by atoms with Gasteiger partial charge in [-0.2, -0.15) is 0 Å². The third-order valence-corrected chi connectivity index (χ3v) is 5.65. The first-order valence-corrected chi connectivity index (χ1v) is 10.9. The number of anilines is 1. The van der Waals surface area contributed by atoms with Gasteiger partial charge in [0.25, 0.3) is 0 Å². The molecule has 2 amide bonds. The lowest BCUT2D eigenvalue weighted by Gasteiger charge is -2.31. The molecule has 0 aliphatic rings. The van der Waals surface area contributed by atoms with Crippen LogP contribution in [0.1, 0.15) is 12.5 Å². The highest BCUT2D eigenvalue weighted by atomic mass is 32.2. The van der Waals surface area contributed by atoms with Crippen molar-refractivity contribution in [2.75, 3.05) is 24.2 Å². The Labute approximate surface area is 174 Å². The van der Waals surface area contributed by atoms with Crippen LogP contribution < -0.4 is 9.62 Å². The normalized spacial score (nSPS) is 12.2. The van der Waals surface area contributed by atoms with Gasteiger partial charge < -0.3 is 10.2 Å². The van der Waals surface area contributed by atoms with Crippen molar-refractivity contribution in [1.29, 1.82) is 0 Å². The van der Waals surface area contributed by atoms with Gasteiger partial charge in [-0.1, -0.05) is 18.2 Å². The summed E-state index contributed by atoms with van der Waals surface area (Å²) in [5.74, 6) is -2.33. The zero-order chi connectivity index (χ0) is 22.5. The maximum Gasteiger partial charge on any atom is 0.244 e. The molecule has 0 fully saturated rings. The van der Waals surface area contributed by atoms with Crippen LogP contribution in [0.3, 0.4) is 0 Å². The van der Waals surface area contributed by atoms with Crippen LogP contribution in [-0.2, 0) is 26.2 Å². The Hall–Kier alpha value is -3.01. The molecule has 2 aromatic rings. The predicted octanol–water partition coefficient (Wildman–Crippen LogP) is 1.89. The molecule has 0 spiro atoms. The Morgan fingerprint density at radius 2 is 1.67 bits per heavy atom. The first-order chi connectivity index (χ1) is 14.0. The quantitative estimate of drug-likeness (QED) is 0.681. The number of sulfonamides is 1. The minimum Gasteiger partial charge on any atom is -0.357 e. The second-order valence-electron chi connectivity index (χ2n) is 6.65. The highest BCUT2D eigenvalue weighted by Gasteiger charge is 2.30. The van der Waals surface area contributed by atoms with Gasteiger partial charge in [0.05, 0.1) is 11.9 Å². The summed E-state index contributed by atoms with van der Waals surface area (Å²) in [6.07, 6.45) is 0.910. The lowest BCUT2D eigenvalue weighted by Crippen LogP contribution is -2.50. The molecule has 1 N–H and O–H groups in total. The Kier molecular flexibility index (Phi) is 7.49. The van der Waals surface area contributed by atoms with E-state index in [1.165, 1.54) is 44.3 Å². The zero-order valence-electron chi connectivity index (χ0n) is 16.8. The third-order valence-electron chi connectivity index (χ3n) is 4.51. The minimum atomic E-state index is -3.90. The average Bonchev–Trinajstić information content (AvgIpc) is 2.70. The standard InChI is InChI=1S/C20H23F2N3O4S/c1-14(20(27)23-2)24(12-15-6-4-5-7-18(15)22)19(26)13-25(30(3,28)29)17-10-8-16(21)9-11-17/h4-11,14H,12-13H2,1-3H3,(H,23,27). The summed E-state index contributed by atoms with van der Waals surface area (Å²) in [5.41, 5.74) is 0.264. The number of carbonyl (C=O) groups excluding carboxylic acids is 2. The van der Waals surface area contributed by atoms with E-state index in [1.807, 2.05) is 0 Å². The van der Waals surface area contributed by atoms with Crippen molar-refractivity contribution in [2.24, 2.45) is 0 Å². The van der Waals surface area contributed by atoms with Crippen LogP contribution >= 0.6 is 0 Å². The van der Waals surface area contributed by atoms with E-state index in [4.69, 9.17) is 0 Å². The number of hydrogen-bond donors (Lipinski definition) is 1. The van der Waals surface area contributed by atoms with Gasteiger partial charge in [0.15, 0.2) is 0 Å². The predicted molar refractivity (Wildman–Crippen MR) is 109 cm³/mol. The monoisotopic (exact) mass is 439 g/mol. The molecule has 0 saturated carbocycles. The minimum absolute atomic E-state index is 0.0886. The number of benzene rings is 2. The van der Waals surface area contributed by atoms with E-state index in [2.05, 4.69) is 5.32 Å². The van der Waals surface area contributed by atoms with Crippen LogP contribution in [0.2, 0.25) is 0 Å². The lowest BCUT2D eigenvalue weighted by molar-refractivity contribution is -0.139. The van der Waals surface area contributed by atoms with E-state index < -0.39 is 46.1 Å². The summed E-state index contributed by atoms with van der Waals surface area (Å²) in [5, 5.41) is 2.42. The molecule has 0 aliphatic carbocycles. The Balaban J connectivity index is 2.38. The molecule has 0 aromatic heterocycles. The van der Waals surface area contributed by atoms with Crippen molar-refractivity contribution in [2.45, 2.75) is 19.5 Å². The Bertz CT molecular complexity index is 1010. The van der Waals surface area contributed by atoms with E-state index in [9.17, 15) is 26.8 Å². The smallest absolute Gasteiger partial charge is 0.244 e. The molecule has 0 radical (unpaired) electrons. The van der Waals surface area contributed by atoms with E-state index in [0.29, 0.717) is 0 Å². The number of halogens is 2. The topological polar surface area (TPSA) is 86.8 Å².